The summed E-state index contributed by atoms with van der Waals surface area (Å²) in [5.74, 6) is 0. The molecule has 1 heterocycles. The summed E-state index contributed by atoms with van der Waals surface area (Å²) in [7, 11) is 0. The van der Waals surface area contributed by atoms with Crippen LogP contribution in [0.1, 0.15) is 5.69 Å². The smallest absolute Gasteiger partial charge is 0.258 e. The van der Waals surface area contributed by atoms with Crippen molar-refractivity contribution in [2.75, 3.05) is 0 Å². The van der Waals surface area contributed by atoms with Crippen molar-refractivity contribution >= 4 is 23.0 Å². The number of hydrogen-bond donors (Lipinski definition) is 0. The van der Waals surface area contributed by atoms with Crippen molar-refractivity contribution in [3.05, 3.63) is 55.3 Å². The van der Waals surface area contributed by atoms with Crippen molar-refractivity contribution < 1.29 is 9.85 Å². The van der Waals surface area contributed by atoms with Gasteiger partial charge in [0.25, 0.3) is 5.69 Å². The molecule has 2 rings (SSSR count). The third-order valence-electron chi connectivity index (χ3n) is 2.53. The average Bonchev–Trinajstić information content (AvgIpc) is 2.65. The predicted octanol–water partition coefficient (Wildman–Crippen LogP) is 2.65. The topological polar surface area (TPSA) is 104 Å². The predicted molar refractivity (Wildman–Crippen MR) is 66.6 cm³/mol. The first kappa shape index (κ1) is 13.0. The van der Waals surface area contributed by atoms with E-state index in [1.165, 1.54) is 35.9 Å². The first-order chi connectivity index (χ1) is 8.91. The molecule has 8 nitrogen and oxygen atoms in total. The zero-order chi connectivity index (χ0) is 14.2. The molecule has 0 N–H and O–H groups in total. The first-order valence-electron chi connectivity index (χ1n) is 5.06. The Morgan fingerprint density at radius 1 is 1.16 bits per heavy atom. The van der Waals surface area contributed by atoms with Crippen LogP contribution in [0.5, 0.6) is 0 Å². The van der Waals surface area contributed by atoms with Gasteiger partial charge in [-0.2, -0.15) is 0 Å². The van der Waals surface area contributed by atoms with E-state index >= 15 is 0 Å². The molecule has 0 atom stereocenters. The van der Waals surface area contributed by atoms with Crippen molar-refractivity contribution in [2.45, 2.75) is 6.92 Å². The van der Waals surface area contributed by atoms with Crippen molar-refractivity contribution in [3.63, 3.8) is 0 Å². The summed E-state index contributed by atoms with van der Waals surface area (Å²) in [5.41, 5.74) is 0.358. The van der Waals surface area contributed by atoms with Gasteiger partial charge in [-0.1, -0.05) is 11.6 Å². The number of nitro benzene ring substituents is 1. The lowest BCUT2D eigenvalue weighted by Gasteiger charge is -2.02. The first-order valence-corrected chi connectivity index (χ1v) is 5.44. The van der Waals surface area contributed by atoms with E-state index in [4.69, 9.17) is 11.6 Å². The Bertz CT molecular complexity index is 665. The molecule has 0 saturated carbocycles. The maximum absolute atomic E-state index is 10.8. The second-order valence-corrected chi connectivity index (χ2v) is 4.03. The molecule has 9 heteroatoms. The summed E-state index contributed by atoms with van der Waals surface area (Å²) < 4.78 is 1.27. The monoisotopic (exact) mass is 282 g/mol. The number of halogens is 1. The molecule has 0 fully saturated rings. The van der Waals surface area contributed by atoms with Gasteiger partial charge in [0.1, 0.15) is 5.69 Å². The van der Waals surface area contributed by atoms with Crippen molar-refractivity contribution in [2.24, 2.45) is 0 Å². The molecule has 0 radical (unpaired) electrons. The average molecular weight is 283 g/mol. The maximum atomic E-state index is 10.8. The Hall–Kier alpha value is -2.48. The van der Waals surface area contributed by atoms with Crippen molar-refractivity contribution in [1.82, 2.24) is 9.78 Å². The molecule has 98 valence electrons. The van der Waals surface area contributed by atoms with E-state index < -0.39 is 9.85 Å². The molecule has 0 saturated heterocycles. The molecule has 0 spiro atoms. The van der Waals surface area contributed by atoms with Crippen LogP contribution in [0, 0.1) is 27.2 Å². The van der Waals surface area contributed by atoms with Crippen LogP contribution < -0.4 is 0 Å². The summed E-state index contributed by atoms with van der Waals surface area (Å²) in [4.78, 5) is 20.2. The van der Waals surface area contributed by atoms with Gasteiger partial charge in [-0.25, -0.2) is 4.68 Å². The van der Waals surface area contributed by atoms with Crippen molar-refractivity contribution in [1.29, 1.82) is 0 Å². The van der Waals surface area contributed by atoms with Gasteiger partial charge in [0.15, 0.2) is 0 Å². The number of hydrogen-bond acceptors (Lipinski definition) is 5. The highest BCUT2D eigenvalue weighted by Crippen LogP contribution is 2.29. The minimum absolute atomic E-state index is 0.0749. The van der Waals surface area contributed by atoms with E-state index in [1.807, 2.05) is 0 Å². The van der Waals surface area contributed by atoms with Gasteiger partial charge in [0.2, 0.25) is 5.15 Å². The number of aromatic nitrogens is 2. The molecule has 19 heavy (non-hydrogen) atoms. The molecule has 1 aromatic carbocycles. The lowest BCUT2D eigenvalue weighted by molar-refractivity contribution is -0.385. The van der Waals surface area contributed by atoms with Gasteiger partial charge in [0, 0.05) is 12.1 Å². The summed E-state index contributed by atoms with van der Waals surface area (Å²) in [5, 5.41) is 25.0. The summed E-state index contributed by atoms with van der Waals surface area (Å²) in [6.45, 7) is 1.50. The van der Waals surface area contributed by atoms with Crippen LogP contribution in [0.2, 0.25) is 5.15 Å². The van der Waals surface area contributed by atoms with Crippen LogP contribution in [-0.4, -0.2) is 19.6 Å². The second kappa shape index (κ2) is 4.65. The highest BCUT2D eigenvalue weighted by atomic mass is 35.5. The van der Waals surface area contributed by atoms with E-state index in [-0.39, 0.29) is 22.2 Å². The number of benzene rings is 1. The number of nitro groups is 2. The molecule has 0 unspecified atom stereocenters. The van der Waals surface area contributed by atoms with Gasteiger partial charge < -0.3 is 0 Å². The quantitative estimate of drug-likeness (QED) is 0.635. The van der Waals surface area contributed by atoms with Gasteiger partial charge in [-0.3, -0.25) is 20.2 Å². The lowest BCUT2D eigenvalue weighted by atomic mass is 10.3. The molecule has 0 bridgehead atoms. The number of non-ortho nitro benzene ring substituents is 1. The molecular formula is C10H7ClN4O4. The van der Waals surface area contributed by atoms with E-state index in [0.29, 0.717) is 5.69 Å². The van der Waals surface area contributed by atoms with Gasteiger partial charge >= 0.3 is 5.69 Å². The normalized spacial score (nSPS) is 10.4. The Kier molecular flexibility index (Phi) is 3.17. The number of rotatable bonds is 3. The standard InChI is InChI=1S/C10H7ClN4O4/c1-6-9(15(18)19)10(11)12-13(6)7-2-4-8(5-3-7)14(16)17/h2-5H,1H3. The molecule has 2 aromatic rings. The van der Waals surface area contributed by atoms with Crippen LogP contribution in [0.4, 0.5) is 11.4 Å². The van der Waals surface area contributed by atoms with Gasteiger partial charge in [-0.15, -0.1) is 5.10 Å². The van der Waals surface area contributed by atoms with Crippen LogP contribution in [0.15, 0.2) is 24.3 Å². The van der Waals surface area contributed by atoms with Crippen LogP contribution >= 0.6 is 11.6 Å². The Balaban J connectivity index is 2.51. The van der Waals surface area contributed by atoms with E-state index in [1.54, 1.807) is 0 Å². The third-order valence-corrected chi connectivity index (χ3v) is 2.79. The molecule has 0 aliphatic rings. The van der Waals surface area contributed by atoms with Crippen LogP contribution in [0.3, 0.4) is 0 Å². The fourth-order valence-corrected chi connectivity index (χ4v) is 1.92. The van der Waals surface area contributed by atoms with Crippen LogP contribution in [-0.2, 0) is 0 Å². The van der Waals surface area contributed by atoms with E-state index in [0.717, 1.165) is 0 Å². The largest absolute Gasteiger partial charge is 0.329 e. The fourth-order valence-electron chi connectivity index (χ4n) is 1.63. The minimum Gasteiger partial charge on any atom is -0.258 e. The highest BCUT2D eigenvalue weighted by Gasteiger charge is 2.24. The molecule has 0 amide bonds. The Morgan fingerprint density at radius 2 is 1.74 bits per heavy atom. The Morgan fingerprint density at radius 3 is 2.16 bits per heavy atom. The summed E-state index contributed by atoms with van der Waals surface area (Å²) >= 11 is 5.69. The molecule has 0 aliphatic heterocycles. The minimum atomic E-state index is -0.618. The molecular weight excluding hydrogens is 276 g/mol. The zero-order valence-corrected chi connectivity index (χ0v) is 10.4. The van der Waals surface area contributed by atoms with Crippen LogP contribution in [0.25, 0.3) is 5.69 Å². The fraction of sp³-hybridized carbons (Fsp3) is 0.100. The van der Waals surface area contributed by atoms with E-state index in [2.05, 4.69) is 5.10 Å². The second-order valence-electron chi connectivity index (χ2n) is 3.67. The van der Waals surface area contributed by atoms with Gasteiger partial charge in [-0.05, 0) is 19.1 Å². The molecule has 0 aliphatic carbocycles. The SMILES string of the molecule is Cc1c([N+](=O)[O-])c(Cl)nn1-c1ccc([N+](=O)[O-])cc1. The zero-order valence-electron chi connectivity index (χ0n) is 9.61. The highest BCUT2D eigenvalue weighted by molar-refractivity contribution is 6.31. The van der Waals surface area contributed by atoms with Gasteiger partial charge in [0.05, 0.1) is 15.5 Å². The maximum Gasteiger partial charge on any atom is 0.329 e. The summed E-state index contributed by atoms with van der Waals surface area (Å²) in [6.07, 6.45) is 0. The lowest BCUT2D eigenvalue weighted by Crippen LogP contribution is -2.00. The van der Waals surface area contributed by atoms with Crippen molar-refractivity contribution in [3.8, 4) is 5.69 Å². The third kappa shape index (κ3) is 2.25. The number of nitrogens with zero attached hydrogens (tertiary/aromatic N) is 4. The van der Waals surface area contributed by atoms with E-state index in [9.17, 15) is 20.2 Å². The Labute approximate surface area is 111 Å². The summed E-state index contributed by atoms with van der Waals surface area (Å²) in [6, 6.07) is 5.46. The molecule has 1 aromatic heterocycles.